The minimum atomic E-state index is -1.21. The molecular formula is C12H13ClN2O6. The SMILES string of the molecule is COCCC(NC(=O)c1ccc([N+](=O)[O-])cc1Cl)C(=O)O. The Morgan fingerprint density at radius 1 is 1.52 bits per heavy atom. The standard InChI is InChI=1S/C12H13ClN2O6/c1-21-5-4-10(12(17)18)14-11(16)8-3-2-7(15(19)20)6-9(8)13/h2-3,6,10H,4-5H2,1H3,(H,14,16)(H,17,18). The maximum Gasteiger partial charge on any atom is 0.326 e. The number of carbonyl (C=O) groups excluding carboxylic acids is 1. The quantitative estimate of drug-likeness (QED) is 0.580. The van der Waals surface area contributed by atoms with Crippen LogP contribution in [0.1, 0.15) is 16.8 Å². The van der Waals surface area contributed by atoms with E-state index >= 15 is 0 Å². The van der Waals surface area contributed by atoms with E-state index in [0.29, 0.717) is 0 Å². The minimum absolute atomic E-state index is 0.0362. The Labute approximate surface area is 124 Å². The summed E-state index contributed by atoms with van der Waals surface area (Å²) >= 11 is 5.80. The molecule has 0 aliphatic rings. The number of hydrogen-bond acceptors (Lipinski definition) is 5. The Bertz CT molecular complexity index is 563. The molecule has 0 spiro atoms. The number of nitrogens with one attached hydrogen (secondary N) is 1. The Hall–Kier alpha value is -2.19. The molecule has 9 heteroatoms. The fourth-order valence-corrected chi connectivity index (χ4v) is 1.79. The number of nitro groups is 1. The van der Waals surface area contributed by atoms with E-state index in [1.807, 2.05) is 0 Å². The average Bonchev–Trinajstić information content (AvgIpc) is 2.42. The molecule has 114 valence electrons. The van der Waals surface area contributed by atoms with E-state index in [2.05, 4.69) is 5.32 Å². The zero-order valence-corrected chi connectivity index (χ0v) is 11.8. The number of rotatable bonds is 7. The van der Waals surface area contributed by atoms with Gasteiger partial charge < -0.3 is 15.2 Å². The molecule has 2 N–H and O–H groups in total. The molecule has 0 heterocycles. The molecule has 8 nitrogen and oxygen atoms in total. The van der Waals surface area contributed by atoms with Gasteiger partial charge in [-0.1, -0.05) is 11.6 Å². The molecule has 1 atom stereocenters. The number of ether oxygens (including phenoxy) is 1. The van der Waals surface area contributed by atoms with Crippen molar-refractivity contribution in [1.29, 1.82) is 0 Å². The van der Waals surface area contributed by atoms with Gasteiger partial charge >= 0.3 is 5.97 Å². The van der Waals surface area contributed by atoms with Crippen molar-refractivity contribution in [3.05, 3.63) is 38.9 Å². The van der Waals surface area contributed by atoms with E-state index in [1.54, 1.807) is 0 Å². The molecule has 1 aromatic carbocycles. The van der Waals surface area contributed by atoms with Crippen LogP contribution in [0.15, 0.2) is 18.2 Å². The van der Waals surface area contributed by atoms with Crippen LogP contribution >= 0.6 is 11.6 Å². The van der Waals surface area contributed by atoms with Gasteiger partial charge in [0.05, 0.1) is 15.5 Å². The second-order valence-electron chi connectivity index (χ2n) is 4.07. The molecule has 1 amide bonds. The van der Waals surface area contributed by atoms with Gasteiger partial charge in [0.1, 0.15) is 6.04 Å². The van der Waals surface area contributed by atoms with Gasteiger partial charge in [0.15, 0.2) is 0 Å². The molecule has 1 unspecified atom stereocenters. The highest BCUT2D eigenvalue weighted by Crippen LogP contribution is 2.22. The minimum Gasteiger partial charge on any atom is -0.480 e. The third-order valence-electron chi connectivity index (χ3n) is 2.62. The van der Waals surface area contributed by atoms with Crippen LogP contribution in [0.3, 0.4) is 0 Å². The number of hydrogen-bond donors (Lipinski definition) is 2. The maximum absolute atomic E-state index is 12.0. The van der Waals surface area contributed by atoms with Gasteiger partial charge in [-0.05, 0) is 6.07 Å². The summed E-state index contributed by atoms with van der Waals surface area (Å²) < 4.78 is 4.76. The molecule has 0 bridgehead atoms. The topological polar surface area (TPSA) is 119 Å². The normalized spacial score (nSPS) is 11.7. The maximum atomic E-state index is 12.0. The lowest BCUT2D eigenvalue weighted by Crippen LogP contribution is -2.41. The fourth-order valence-electron chi connectivity index (χ4n) is 1.53. The number of halogens is 1. The Morgan fingerprint density at radius 3 is 2.67 bits per heavy atom. The number of carboxylic acids is 1. The first-order valence-electron chi connectivity index (χ1n) is 5.83. The molecule has 0 fully saturated rings. The third kappa shape index (κ3) is 4.69. The first-order chi connectivity index (χ1) is 9.86. The number of amides is 1. The van der Waals surface area contributed by atoms with Crippen molar-refractivity contribution in [3.63, 3.8) is 0 Å². The Kier molecular flexibility index (Phi) is 6.07. The first-order valence-corrected chi connectivity index (χ1v) is 6.21. The highest BCUT2D eigenvalue weighted by atomic mass is 35.5. The van der Waals surface area contributed by atoms with Crippen molar-refractivity contribution in [2.45, 2.75) is 12.5 Å². The summed E-state index contributed by atoms with van der Waals surface area (Å²) in [6, 6.07) is 2.18. The Morgan fingerprint density at radius 2 is 2.19 bits per heavy atom. The van der Waals surface area contributed by atoms with Crippen LogP contribution in [0, 0.1) is 10.1 Å². The van der Waals surface area contributed by atoms with Crippen molar-refractivity contribution >= 4 is 29.2 Å². The van der Waals surface area contributed by atoms with E-state index in [-0.39, 0.29) is 29.3 Å². The molecule has 21 heavy (non-hydrogen) atoms. The van der Waals surface area contributed by atoms with Crippen molar-refractivity contribution < 1.29 is 24.4 Å². The van der Waals surface area contributed by atoms with Crippen LogP contribution in [0.4, 0.5) is 5.69 Å². The molecule has 1 rings (SSSR count). The second-order valence-corrected chi connectivity index (χ2v) is 4.47. The number of benzene rings is 1. The summed E-state index contributed by atoms with van der Waals surface area (Å²) in [5, 5.41) is 21.7. The van der Waals surface area contributed by atoms with Gasteiger partial charge in [0, 0.05) is 32.3 Å². The molecule has 0 aliphatic heterocycles. The largest absolute Gasteiger partial charge is 0.480 e. The van der Waals surface area contributed by atoms with E-state index in [9.17, 15) is 19.7 Å². The number of methoxy groups -OCH3 is 1. The zero-order valence-electron chi connectivity index (χ0n) is 11.0. The second kappa shape index (κ2) is 7.55. The van der Waals surface area contributed by atoms with Crippen molar-refractivity contribution in [2.75, 3.05) is 13.7 Å². The molecule has 0 radical (unpaired) electrons. The molecule has 0 aromatic heterocycles. The molecule has 1 aromatic rings. The van der Waals surface area contributed by atoms with Crippen molar-refractivity contribution in [3.8, 4) is 0 Å². The van der Waals surface area contributed by atoms with Crippen LogP contribution in [0.5, 0.6) is 0 Å². The summed E-state index contributed by atoms with van der Waals surface area (Å²) in [6.45, 7) is 0.158. The summed E-state index contributed by atoms with van der Waals surface area (Å²) in [7, 11) is 1.41. The van der Waals surface area contributed by atoms with E-state index in [1.165, 1.54) is 13.2 Å². The van der Waals surface area contributed by atoms with Crippen molar-refractivity contribution in [2.24, 2.45) is 0 Å². The molecule has 0 saturated carbocycles. The van der Waals surface area contributed by atoms with Gasteiger partial charge in [-0.3, -0.25) is 14.9 Å². The van der Waals surface area contributed by atoms with E-state index in [0.717, 1.165) is 12.1 Å². The number of aliphatic carboxylic acids is 1. The van der Waals surface area contributed by atoms with Crippen molar-refractivity contribution in [1.82, 2.24) is 5.32 Å². The van der Waals surface area contributed by atoms with Crippen LogP contribution in [0.25, 0.3) is 0 Å². The van der Waals surface area contributed by atoms with Crippen LogP contribution in [0.2, 0.25) is 5.02 Å². The fraction of sp³-hybridized carbons (Fsp3) is 0.333. The van der Waals surface area contributed by atoms with Crippen LogP contribution < -0.4 is 5.32 Å². The predicted molar refractivity (Wildman–Crippen MR) is 73.5 cm³/mol. The van der Waals surface area contributed by atoms with Gasteiger partial charge in [0.2, 0.25) is 0 Å². The number of nitrogens with zero attached hydrogens (tertiary/aromatic N) is 1. The summed E-state index contributed by atoms with van der Waals surface area (Å²) in [6.07, 6.45) is 0.0855. The molecular weight excluding hydrogens is 304 g/mol. The lowest BCUT2D eigenvalue weighted by molar-refractivity contribution is -0.384. The van der Waals surface area contributed by atoms with Gasteiger partial charge in [-0.2, -0.15) is 0 Å². The smallest absolute Gasteiger partial charge is 0.326 e. The summed E-state index contributed by atoms with van der Waals surface area (Å²) in [5.74, 6) is -1.93. The Balaban J connectivity index is 2.87. The lowest BCUT2D eigenvalue weighted by atomic mass is 10.1. The highest BCUT2D eigenvalue weighted by molar-refractivity contribution is 6.34. The summed E-state index contributed by atoms with van der Waals surface area (Å²) in [5.41, 5.74) is -0.295. The van der Waals surface area contributed by atoms with E-state index in [4.69, 9.17) is 21.4 Å². The monoisotopic (exact) mass is 316 g/mol. The third-order valence-corrected chi connectivity index (χ3v) is 2.93. The van der Waals surface area contributed by atoms with Gasteiger partial charge in [-0.25, -0.2) is 4.79 Å². The zero-order chi connectivity index (χ0) is 16.0. The molecule has 0 saturated heterocycles. The number of nitro benzene ring substituents is 1. The number of carbonyl (C=O) groups is 2. The van der Waals surface area contributed by atoms with Crippen LogP contribution in [-0.2, 0) is 9.53 Å². The number of carboxylic acid groups (broad SMARTS) is 1. The lowest BCUT2D eigenvalue weighted by Gasteiger charge is -2.14. The summed E-state index contributed by atoms with van der Waals surface area (Å²) in [4.78, 5) is 32.9. The predicted octanol–water partition coefficient (Wildman–Crippen LogP) is 1.47. The molecule has 0 aliphatic carbocycles. The average molecular weight is 317 g/mol. The first kappa shape index (κ1) is 16.9. The van der Waals surface area contributed by atoms with Gasteiger partial charge in [-0.15, -0.1) is 0 Å². The van der Waals surface area contributed by atoms with Crippen LogP contribution in [-0.4, -0.2) is 41.7 Å². The van der Waals surface area contributed by atoms with Gasteiger partial charge in [0.25, 0.3) is 11.6 Å². The number of non-ortho nitro benzene ring substituents is 1. The van der Waals surface area contributed by atoms with E-state index < -0.39 is 22.8 Å². The highest BCUT2D eigenvalue weighted by Gasteiger charge is 2.22.